The lowest BCUT2D eigenvalue weighted by molar-refractivity contribution is -0.122. The van der Waals surface area contributed by atoms with Crippen LogP contribution in [-0.4, -0.2) is 33.2 Å². The maximum atomic E-state index is 11.7. The first-order valence-electron chi connectivity index (χ1n) is 6.79. The molecule has 110 valence electrons. The van der Waals surface area contributed by atoms with E-state index in [4.69, 9.17) is 0 Å². The van der Waals surface area contributed by atoms with Crippen molar-refractivity contribution in [3.8, 4) is 0 Å². The molecule has 1 aliphatic rings. The highest BCUT2D eigenvalue weighted by molar-refractivity contribution is 5.75. The van der Waals surface area contributed by atoms with E-state index in [9.17, 15) is 19.5 Å². The van der Waals surface area contributed by atoms with Crippen LogP contribution in [0.25, 0.3) is 0 Å². The van der Waals surface area contributed by atoms with Crippen LogP contribution in [0, 0.1) is 5.92 Å². The molecule has 1 aromatic heterocycles. The third-order valence-electron chi connectivity index (χ3n) is 3.61. The van der Waals surface area contributed by atoms with Gasteiger partial charge in [0, 0.05) is 18.8 Å². The van der Waals surface area contributed by atoms with E-state index in [1.807, 2.05) is 0 Å². The summed E-state index contributed by atoms with van der Waals surface area (Å²) in [5.41, 5.74) is -1.07. The standard InChI is InChI=1S/C13H19N3O4/c17-10-3-1-9(2-4-10)7-14-12(19)8-16-6-5-11(18)15-13(16)20/h5-6,9-10,17H,1-4,7-8H2,(H,14,19)(H,15,18,20). The van der Waals surface area contributed by atoms with Gasteiger partial charge < -0.3 is 10.4 Å². The van der Waals surface area contributed by atoms with Gasteiger partial charge in [0.05, 0.1) is 6.10 Å². The minimum atomic E-state index is -0.589. The monoisotopic (exact) mass is 281 g/mol. The molecule has 0 aliphatic heterocycles. The number of aliphatic hydroxyl groups is 1. The summed E-state index contributed by atoms with van der Waals surface area (Å²) in [6.45, 7) is 0.453. The third kappa shape index (κ3) is 4.06. The van der Waals surface area contributed by atoms with Crippen molar-refractivity contribution in [2.24, 2.45) is 5.92 Å². The summed E-state index contributed by atoms with van der Waals surface area (Å²) in [5.74, 6) is 0.125. The second-order valence-corrected chi connectivity index (χ2v) is 5.22. The predicted molar refractivity (Wildman–Crippen MR) is 72.3 cm³/mol. The molecule has 1 saturated carbocycles. The highest BCUT2D eigenvalue weighted by Gasteiger charge is 2.19. The van der Waals surface area contributed by atoms with Crippen LogP contribution >= 0.6 is 0 Å². The van der Waals surface area contributed by atoms with Gasteiger partial charge in [-0.3, -0.25) is 19.1 Å². The molecule has 0 unspecified atom stereocenters. The Kier molecular flexibility index (Phi) is 4.73. The Morgan fingerprint density at radius 2 is 2.05 bits per heavy atom. The van der Waals surface area contributed by atoms with E-state index in [-0.39, 0.29) is 18.6 Å². The van der Waals surface area contributed by atoms with Crippen molar-refractivity contribution in [2.75, 3.05) is 6.54 Å². The molecule has 7 nitrogen and oxygen atoms in total. The van der Waals surface area contributed by atoms with Crippen LogP contribution in [0.4, 0.5) is 0 Å². The fourth-order valence-electron chi connectivity index (χ4n) is 2.39. The van der Waals surface area contributed by atoms with E-state index in [2.05, 4.69) is 10.3 Å². The molecule has 3 N–H and O–H groups in total. The van der Waals surface area contributed by atoms with Crippen molar-refractivity contribution in [1.29, 1.82) is 0 Å². The Morgan fingerprint density at radius 1 is 1.35 bits per heavy atom. The average Bonchev–Trinajstić information content (AvgIpc) is 2.41. The van der Waals surface area contributed by atoms with Gasteiger partial charge in [-0.1, -0.05) is 0 Å². The van der Waals surface area contributed by atoms with Crippen LogP contribution < -0.4 is 16.6 Å². The molecule has 0 bridgehead atoms. The Balaban J connectivity index is 1.81. The second-order valence-electron chi connectivity index (χ2n) is 5.22. The van der Waals surface area contributed by atoms with Crippen LogP contribution in [0.3, 0.4) is 0 Å². The molecule has 1 amide bonds. The summed E-state index contributed by atoms with van der Waals surface area (Å²) in [5, 5.41) is 12.2. The molecule has 1 aromatic rings. The van der Waals surface area contributed by atoms with E-state index < -0.39 is 11.2 Å². The molecule has 0 saturated heterocycles. The van der Waals surface area contributed by atoms with Crippen molar-refractivity contribution < 1.29 is 9.90 Å². The van der Waals surface area contributed by atoms with Crippen LogP contribution in [0.5, 0.6) is 0 Å². The first-order valence-corrected chi connectivity index (χ1v) is 6.79. The summed E-state index contributed by atoms with van der Waals surface area (Å²) < 4.78 is 1.15. The molecule has 2 rings (SSSR count). The van der Waals surface area contributed by atoms with E-state index in [1.165, 1.54) is 12.3 Å². The number of carbonyl (C=O) groups is 1. The minimum absolute atomic E-state index is 0.106. The summed E-state index contributed by atoms with van der Waals surface area (Å²) in [7, 11) is 0. The van der Waals surface area contributed by atoms with Gasteiger partial charge in [-0.25, -0.2) is 4.79 Å². The molecule has 1 aliphatic carbocycles. The first kappa shape index (κ1) is 14.5. The van der Waals surface area contributed by atoms with Gasteiger partial charge in [-0.05, 0) is 31.6 Å². The zero-order valence-corrected chi connectivity index (χ0v) is 11.2. The normalized spacial score (nSPS) is 22.4. The number of aliphatic hydroxyl groups excluding tert-OH is 1. The van der Waals surface area contributed by atoms with Gasteiger partial charge in [0.15, 0.2) is 0 Å². The zero-order chi connectivity index (χ0) is 14.5. The Labute approximate surface area is 115 Å². The van der Waals surface area contributed by atoms with Gasteiger partial charge in [0.2, 0.25) is 5.91 Å². The molecule has 0 atom stereocenters. The van der Waals surface area contributed by atoms with E-state index in [0.29, 0.717) is 12.5 Å². The predicted octanol–water partition coefficient (Wildman–Crippen LogP) is -0.796. The lowest BCUT2D eigenvalue weighted by Crippen LogP contribution is -2.37. The fraction of sp³-hybridized carbons (Fsp3) is 0.615. The van der Waals surface area contributed by atoms with Gasteiger partial charge in [-0.15, -0.1) is 0 Å². The van der Waals surface area contributed by atoms with Crippen molar-refractivity contribution >= 4 is 5.91 Å². The largest absolute Gasteiger partial charge is 0.393 e. The molecule has 7 heteroatoms. The molecule has 20 heavy (non-hydrogen) atoms. The molecule has 1 heterocycles. The van der Waals surface area contributed by atoms with Gasteiger partial charge >= 0.3 is 5.69 Å². The smallest absolute Gasteiger partial charge is 0.328 e. The summed E-state index contributed by atoms with van der Waals surface area (Å²) >= 11 is 0. The number of nitrogens with one attached hydrogen (secondary N) is 2. The molecule has 0 radical (unpaired) electrons. The van der Waals surface area contributed by atoms with Crippen LogP contribution in [0.2, 0.25) is 0 Å². The number of amides is 1. The Morgan fingerprint density at radius 3 is 2.70 bits per heavy atom. The van der Waals surface area contributed by atoms with Crippen LogP contribution in [-0.2, 0) is 11.3 Å². The first-order chi connectivity index (χ1) is 9.54. The van der Waals surface area contributed by atoms with Gasteiger partial charge in [0.25, 0.3) is 5.56 Å². The highest BCUT2D eigenvalue weighted by Crippen LogP contribution is 2.23. The maximum Gasteiger partial charge on any atom is 0.328 e. The van der Waals surface area contributed by atoms with Crippen LogP contribution in [0.15, 0.2) is 21.9 Å². The Hall–Kier alpha value is -1.89. The van der Waals surface area contributed by atoms with Crippen LogP contribution in [0.1, 0.15) is 25.7 Å². The van der Waals surface area contributed by atoms with Crippen molar-refractivity contribution in [1.82, 2.24) is 14.9 Å². The topological polar surface area (TPSA) is 104 Å². The van der Waals surface area contributed by atoms with E-state index in [1.54, 1.807) is 0 Å². The van der Waals surface area contributed by atoms with Crippen molar-refractivity contribution in [2.45, 2.75) is 38.3 Å². The molecule has 1 fully saturated rings. The average molecular weight is 281 g/mol. The van der Waals surface area contributed by atoms with Crippen molar-refractivity contribution in [3.63, 3.8) is 0 Å². The zero-order valence-electron chi connectivity index (χ0n) is 11.2. The summed E-state index contributed by atoms with van der Waals surface area (Å²) in [4.78, 5) is 36.2. The summed E-state index contributed by atoms with van der Waals surface area (Å²) in [6.07, 6.45) is 4.46. The number of hydrogen-bond acceptors (Lipinski definition) is 4. The number of rotatable bonds is 4. The molecule has 0 aromatic carbocycles. The number of aromatic amines is 1. The highest BCUT2D eigenvalue weighted by atomic mass is 16.3. The van der Waals surface area contributed by atoms with E-state index >= 15 is 0 Å². The SMILES string of the molecule is O=C(Cn1ccc(=O)[nH]c1=O)NCC1CCC(O)CC1. The lowest BCUT2D eigenvalue weighted by atomic mass is 9.87. The minimum Gasteiger partial charge on any atom is -0.393 e. The summed E-state index contributed by atoms with van der Waals surface area (Å²) in [6, 6.07) is 1.21. The van der Waals surface area contributed by atoms with E-state index in [0.717, 1.165) is 30.3 Å². The number of nitrogens with zero attached hydrogens (tertiary/aromatic N) is 1. The number of carbonyl (C=O) groups excluding carboxylic acids is 1. The number of hydrogen-bond donors (Lipinski definition) is 3. The number of H-pyrrole nitrogens is 1. The number of aromatic nitrogens is 2. The van der Waals surface area contributed by atoms with Gasteiger partial charge in [-0.2, -0.15) is 0 Å². The third-order valence-corrected chi connectivity index (χ3v) is 3.61. The fourth-order valence-corrected chi connectivity index (χ4v) is 2.39. The quantitative estimate of drug-likeness (QED) is 0.672. The molecular weight excluding hydrogens is 262 g/mol. The van der Waals surface area contributed by atoms with Crippen molar-refractivity contribution in [3.05, 3.63) is 33.1 Å². The Bertz CT molecular complexity index is 569. The molecule has 0 spiro atoms. The second kappa shape index (κ2) is 6.51. The lowest BCUT2D eigenvalue weighted by Gasteiger charge is -2.25. The molecular formula is C13H19N3O4. The van der Waals surface area contributed by atoms with Gasteiger partial charge in [0.1, 0.15) is 6.54 Å². The maximum absolute atomic E-state index is 11.7.